The fraction of sp³-hybridized carbons (Fsp3) is 0.412. The molecule has 2 aromatic rings. The second-order valence-corrected chi connectivity index (χ2v) is 5.85. The second-order valence-electron chi connectivity index (χ2n) is 5.85. The Hall–Kier alpha value is -2.97. The smallest absolute Gasteiger partial charge is 0.272 e. The highest BCUT2D eigenvalue weighted by Crippen LogP contribution is 2.31. The number of nitro benzene ring substituents is 1. The fourth-order valence-corrected chi connectivity index (χ4v) is 2.28. The molecule has 1 N–H and O–H groups in total. The monoisotopic (exact) mass is 364 g/mol. The molecule has 0 aliphatic rings. The van der Waals surface area contributed by atoms with Crippen molar-refractivity contribution in [3.63, 3.8) is 0 Å². The number of halogens is 1. The third kappa shape index (κ3) is 3.98. The van der Waals surface area contributed by atoms with E-state index in [2.05, 4.69) is 10.4 Å². The van der Waals surface area contributed by atoms with Gasteiger partial charge in [0.1, 0.15) is 0 Å². The molecule has 0 aliphatic carbocycles. The summed E-state index contributed by atoms with van der Waals surface area (Å²) in [5.41, 5.74) is 0.291. The van der Waals surface area contributed by atoms with Crippen molar-refractivity contribution in [3.8, 4) is 11.6 Å². The summed E-state index contributed by atoms with van der Waals surface area (Å²) in [7, 11) is 0. The van der Waals surface area contributed by atoms with E-state index in [1.54, 1.807) is 6.92 Å². The number of aromatic nitrogens is 2. The maximum absolute atomic E-state index is 14.1. The van der Waals surface area contributed by atoms with Gasteiger partial charge in [0.05, 0.1) is 11.0 Å². The molecule has 1 aromatic carbocycles. The molecule has 9 heteroatoms. The molecule has 0 saturated heterocycles. The van der Waals surface area contributed by atoms with E-state index in [9.17, 15) is 19.3 Å². The van der Waals surface area contributed by atoms with Crippen molar-refractivity contribution >= 4 is 11.6 Å². The molecule has 2 rings (SSSR count). The van der Waals surface area contributed by atoms with Crippen LogP contribution in [0.4, 0.5) is 10.1 Å². The van der Waals surface area contributed by atoms with Crippen LogP contribution >= 0.6 is 0 Å². The second kappa shape index (κ2) is 7.94. The van der Waals surface area contributed by atoms with Crippen LogP contribution in [0.5, 0.6) is 11.6 Å². The van der Waals surface area contributed by atoms with E-state index < -0.39 is 10.7 Å². The fourth-order valence-electron chi connectivity index (χ4n) is 2.28. The van der Waals surface area contributed by atoms with Crippen LogP contribution in [-0.2, 0) is 6.54 Å². The number of benzene rings is 1. The van der Waals surface area contributed by atoms with Crippen molar-refractivity contribution in [2.45, 2.75) is 46.7 Å². The van der Waals surface area contributed by atoms with Crippen LogP contribution < -0.4 is 10.1 Å². The van der Waals surface area contributed by atoms with Gasteiger partial charge >= 0.3 is 0 Å². The highest BCUT2D eigenvalue weighted by molar-refractivity contribution is 5.94. The first-order valence-electron chi connectivity index (χ1n) is 8.28. The van der Waals surface area contributed by atoms with Crippen LogP contribution in [0.15, 0.2) is 18.2 Å². The summed E-state index contributed by atoms with van der Waals surface area (Å²) in [6.07, 6.45) is 0.774. The van der Waals surface area contributed by atoms with Crippen LogP contribution in [0.1, 0.15) is 43.2 Å². The number of rotatable bonds is 7. The standard InChI is InChI=1S/C17H21FN4O4/c1-5-10(3)19-16(23)15-11(4)17(21(6-2)20-15)26-14-8-7-12(22(24)25)9-13(14)18/h7-10H,5-6H2,1-4H3,(H,19,23)/t10-/m0/s1. The van der Waals surface area contributed by atoms with Gasteiger partial charge in [-0.2, -0.15) is 5.10 Å². The van der Waals surface area contributed by atoms with Gasteiger partial charge in [0.25, 0.3) is 11.6 Å². The van der Waals surface area contributed by atoms with E-state index in [0.29, 0.717) is 12.1 Å². The average Bonchev–Trinajstić information content (AvgIpc) is 2.92. The Morgan fingerprint density at radius 3 is 2.69 bits per heavy atom. The highest BCUT2D eigenvalue weighted by Gasteiger charge is 2.23. The number of nitrogens with zero attached hydrogens (tertiary/aromatic N) is 3. The zero-order valence-corrected chi connectivity index (χ0v) is 15.1. The van der Waals surface area contributed by atoms with Gasteiger partial charge in [0.15, 0.2) is 17.3 Å². The molecule has 8 nitrogen and oxygen atoms in total. The van der Waals surface area contributed by atoms with Crippen molar-refractivity contribution in [1.82, 2.24) is 15.1 Å². The third-order valence-electron chi connectivity index (χ3n) is 3.97. The third-order valence-corrected chi connectivity index (χ3v) is 3.97. The zero-order valence-electron chi connectivity index (χ0n) is 15.1. The Kier molecular flexibility index (Phi) is 5.91. The molecule has 0 saturated carbocycles. The number of ether oxygens (including phenoxy) is 1. The van der Waals surface area contributed by atoms with Crippen LogP contribution in [0, 0.1) is 22.9 Å². The first-order chi connectivity index (χ1) is 12.3. The molecule has 1 aromatic heterocycles. The molecule has 1 amide bonds. The normalized spacial score (nSPS) is 11.9. The molecule has 0 bridgehead atoms. The van der Waals surface area contributed by atoms with Crippen LogP contribution in [-0.4, -0.2) is 26.7 Å². The number of hydrogen-bond acceptors (Lipinski definition) is 5. The van der Waals surface area contributed by atoms with Gasteiger partial charge in [-0.05, 0) is 33.3 Å². The average molecular weight is 364 g/mol. The molecular formula is C17H21FN4O4. The zero-order chi connectivity index (χ0) is 19.4. The summed E-state index contributed by atoms with van der Waals surface area (Å²) in [6, 6.07) is 3.11. The minimum absolute atomic E-state index is 0.00911. The van der Waals surface area contributed by atoms with E-state index in [0.717, 1.165) is 18.6 Å². The molecule has 1 heterocycles. The van der Waals surface area contributed by atoms with Crippen molar-refractivity contribution < 1.29 is 18.8 Å². The Balaban J connectivity index is 2.35. The SMILES string of the molecule is CC[C@H](C)NC(=O)c1nn(CC)c(Oc2ccc([N+](=O)[O-])cc2F)c1C. The molecule has 0 fully saturated rings. The van der Waals surface area contributed by atoms with Crippen LogP contribution in [0.3, 0.4) is 0 Å². The first-order valence-corrected chi connectivity index (χ1v) is 8.28. The van der Waals surface area contributed by atoms with Crippen molar-refractivity contribution in [1.29, 1.82) is 0 Å². The first kappa shape index (κ1) is 19.4. The number of nitrogens with one attached hydrogen (secondary N) is 1. The van der Waals surface area contributed by atoms with Gasteiger partial charge in [0, 0.05) is 24.2 Å². The minimum atomic E-state index is -0.868. The van der Waals surface area contributed by atoms with Crippen LogP contribution in [0.25, 0.3) is 0 Å². The molecule has 0 aliphatic heterocycles. The summed E-state index contributed by atoms with van der Waals surface area (Å²) in [6.45, 7) is 7.70. The molecule has 1 atom stereocenters. The Bertz CT molecular complexity index is 834. The number of carbonyl (C=O) groups excluding carboxylic acids is 1. The van der Waals surface area contributed by atoms with Gasteiger partial charge in [-0.3, -0.25) is 14.9 Å². The summed E-state index contributed by atoms with van der Waals surface area (Å²) in [5, 5.41) is 17.8. The Morgan fingerprint density at radius 2 is 2.15 bits per heavy atom. The number of non-ortho nitro benzene ring substituents is 1. The van der Waals surface area contributed by atoms with Gasteiger partial charge in [-0.1, -0.05) is 6.92 Å². The Labute approximate surface area is 150 Å². The summed E-state index contributed by atoms with van der Waals surface area (Å²) < 4.78 is 21.1. The number of nitro groups is 1. The van der Waals surface area contributed by atoms with Crippen molar-refractivity contribution in [2.75, 3.05) is 0 Å². The quantitative estimate of drug-likeness (QED) is 0.598. The van der Waals surface area contributed by atoms with Gasteiger partial charge in [0.2, 0.25) is 5.88 Å². The number of amides is 1. The lowest BCUT2D eigenvalue weighted by Gasteiger charge is -2.10. The maximum Gasteiger partial charge on any atom is 0.272 e. The van der Waals surface area contributed by atoms with Crippen molar-refractivity contribution in [2.24, 2.45) is 0 Å². The van der Waals surface area contributed by atoms with E-state index in [1.807, 2.05) is 20.8 Å². The van der Waals surface area contributed by atoms with Gasteiger partial charge in [-0.15, -0.1) is 0 Å². The lowest BCUT2D eigenvalue weighted by Crippen LogP contribution is -2.32. The van der Waals surface area contributed by atoms with E-state index >= 15 is 0 Å². The maximum atomic E-state index is 14.1. The topological polar surface area (TPSA) is 99.3 Å². The number of hydrogen-bond donors (Lipinski definition) is 1. The lowest BCUT2D eigenvalue weighted by molar-refractivity contribution is -0.385. The van der Waals surface area contributed by atoms with Gasteiger partial charge in [-0.25, -0.2) is 9.07 Å². The number of aryl methyl sites for hydroxylation is 1. The Morgan fingerprint density at radius 1 is 1.46 bits per heavy atom. The molecular weight excluding hydrogens is 343 g/mol. The lowest BCUT2D eigenvalue weighted by atomic mass is 10.2. The number of carbonyl (C=O) groups is 1. The largest absolute Gasteiger partial charge is 0.436 e. The molecule has 0 radical (unpaired) electrons. The summed E-state index contributed by atoms with van der Waals surface area (Å²) in [4.78, 5) is 22.4. The van der Waals surface area contributed by atoms with Crippen LogP contribution in [0.2, 0.25) is 0 Å². The van der Waals surface area contributed by atoms with E-state index in [1.165, 1.54) is 10.7 Å². The molecule has 0 unspecified atom stereocenters. The van der Waals surface area contributed by atoms with Gasteiger partial charge < -0.3 is 10.1 Å². The highest BCUT2D eigenvalue weighted by atomic mass is 19.1. The minimum Gasteiger partial charge on any atom is -0.436 e. The summed E-state index contributed by atoms with van der Waals surface area (Å²) >= 11 is 0. The van der Waals surface area contributed by atoms with E-state index in [4.69, 9.17) is 4.74 Å². The predicted octanol–water partition coefficient (Wildman–Crippen LogP) is 3.58. The van der Waals surface area contributed by atoms with Crippen molar-refractivity contribution in [3.05, 3.63) is 45.4 Å². The van der Waals surface area contributed by atoms with E-state index in [-0.39, 0.29) is 35.0 Å². The molecule has 26 heavy (non-hydrogen) atoms. The predicted molar refractivity (Wildman–Crippen MR) is 93.0 cm³/mol. The molecule has 0 spiro atoms. The summed E-state index contributed by atoms with van der Waals surface area (Å²) in [5.74, 6) is -1.16. The molecule has 140 valence electrons.